The average Bonchev–Trinajstić information content (AvgIpc) is 2.38. The topological polar surface area (TPSA) is 49.8 Å². The van der Waals surface area contributed by atoms with Gasteiger partial charge in [-0.25, -0.2) is 0 Å². The monoisotopic (exact) mass is 269 g/mol. The Morgan fingerprint density at radius 2 is 2.39 bits per heavy atom. The molecule has 0 radical (unpaired) electrons. The van der Waals surface area contributed by atoms with Crippen LogP contribution >= 0.6 is 11.6 Å². The normalized spacial score (nSPS) is 19.9. The quantitative estimate of drug-likeness (QED) is 0.850. The van der Waals surface area contributed by atoms with Crippen LogP contribution in [0.4, 0.5) is 5.69 Å². The summed E-state index contributed by atoms with van der Waals surface area (Å²) in [6.45, 7) is 3.37. The third-order valence-corrected chi connectivity index (χ3v) is 3.41. The molecule has 2 rings (SSSR count). The highest BCUT2D eigenvalue weighted by atomic mass is 35.5. The van der Waals surface area contributed by atoms with Crippen molar-refractivity contribution >= 4 is 23.1 Å². The summed E-state index contributed by atoms with van der Waals surface area (Å²) in [6, 6.07) is 5.30. The minimum atomic E-state index is -0.0574. The SMILES string of the molecule is CC(=O)c1ccc(N2CCOCC2CO)cc1Cl. The molecule has 0 saturated carbocycles. The maximum atomic E-state index is 11.3. The van der Waals surface area contributed by atoms with Gasteiger partial charge in [-0.2, -0.15) is 0 Å². The number of Topliss-reactive ketones (excluding diaryl/α,β-unsaturated/α-hetero) is 1. The van der Waals surface area contributed by atoms with E-state index in [9.17, 15) is 9.90 Å². The van der Waals surface area contributed by atoms with Crippen LogP contribution in [0.3, 0.4) is 0 Å². The predicted molar refractivity (Wildman–Crippen MR) is 70.5 cm³/mol. The van der Waals surface area contributed by atoms with Gasteiger partial charge >= 0.3 is 0 Å². The van der Waals surface area contributed by atoms with Crippen molar-refractivity contribution in [3.05, 3.63) is 28.8 Å². The number of ether oxygens (including phenoxy) is 1. The van der Waals surface area contributed by atoms with Gasteiger partial charge in [0.2, 0.25) is 0 Å². The number of aliphatic hydroxyl groups is 1. The Balaban J connectivity index is 2.27. The third-order valence-electron chi connectivity index (χ3n) is 3.10. The van der Waals surface area contributed by atoms with Gasteiger partial charge in [0.05, 0.1) is 30.9 Å². The molecule has 1 unspecified atom stereocenters. The Morgan fingerprint density at radius 1 is 1.61 bits per heavy atom. The Morgan fingerprint density at radius 3 is 3.00 bits per heavy atom. The van der Waals surface area contributed by atoms with Crippen LogP contribution in [0.15, 0.2) is 18.2 Å². The first-order chi connectivity index (χ1) is 8.63. The van der Waals surface area contributed by atoms with Crippen molar-refractivity contribution in [2.45, 2.75) is 13.0 Å². The number of halogens is 1. The van der Waals surface area contributed by atoms with E-state index in [0.717, 1.165) is 5.69 Å². The lowest BCUT2D eigenvalue weighted by Crippen LogP contribution is -2.47. The van der Waals surface area contributed by atoms with Crippen LogP contribution in [0.25, 0.3) is 0 Å². The highest BCUT2D eigenvalue weighted by Gasteiger charge is 2.23. The largest absolute Gasteiger partial charge is 0.394 e. The summed E-state index contributed by atoms with van der Waals surface area (Å²) < 4.78 is 5.33. The fraction of sp³-hybridized carbons (Fsp3) is 0.462. The van der Waals surface area contributed by atoms with Gasteiger partial charge < -0.3 is 14.7 Å². The molecule has 1 aliphatic rings. The van der Waals surface area contributed by atoms with Crippen LogP contribution in [-0.4, -0.2) is 43.3 Å². The summed E-state index contributed by atoms with van der Waals surface area (Å²) in [7, 11) is 0. The van der Waals surface area contributed by atoms with Crippen molar-refractivity contribution in [1.29, 1.82) is 0 Å². The van der Waals surface area contributed by atoms with Gasteiger partial charge in [-0.1, -0.05) is 11.6 Å². The lowest BCUT2D eigenvalue weighted by molar-refractivity contribution is 0.0727. The number of aliphatic hydroxyl groups excluding tert-OH is 1. The lowest BCUT2D eigenvalue weighted by atomic mass is 10.1. The highest BCUT2D eigenvalue weighted by Crippen LogP contribution is 2.26. The van der Waals surface area contributed by atoms with E-state index >= 15 is 0 Å². The Hall–Kier alpha value is -1.10. The first-order valence-corrected chi connectivity index (χ1v) is 6.27. The van der Waals surface area contributed by atoms with Crippen molar-refractivity contribution < 1.29 is 14.6 Å². The van der Waals surface area contributed by atoms with Gasteiger partial charge in [0.15, 0.2) is 5.78 Å². The second-order valence-electron chi connectivity index (χ2n) is 4.33. The van der Waals surface area contributed by atoms with Gasteiger partial charge in [0.25, 0.3) is 0 Å². The Labute approximate surface area is 111 Å². The van der Waals surface area contributed by atoms with E-state index in [0.29, 0.717) is 30.3 Å². The number of benzene rings is 1. The van der Waals surface area contributed by atoms with Crippen molar-refractivity contribution in [2.75, 3.05) is 31.3 Å². The van der Waals surface area contributed by atoms with Gasteiger partial charge in [0, 0.05) is 17.8 Å². The Bertz CT molecular complexity index is 450. The number of carbonyl (C=O) groups is 1. The zero-order valence-electron chi connectivity index (χ0n) is 10.2. The number of hydrogen-bond donors (Lipinski definition) is 1. The fourth-order valence-corrected chi connectivity index (χ4v) is 2.42. The van der Waals surface area contributed by atoms with E-state index in [2.05, 4.69) is 4.90 Å². The van der Waals surface area contributed by atoms with E-state index in [1.54, 1.807) is 12.1 Å². The molecule has 0 bridgehead atoms. The van der Waals surface area contributed by atoms with E-state index in [4.69, 9.17) is 16.3 Å². The van der Waals surface area contributed by atoms with E-state index in [-0.39, 0.29) is 18.4 Å². The lowest BCUT2D eigenvalue weighted by Gasteiger charge is -2.36. The molecule has 0 aromatic heterocycles. The molecule has 1 aromatic rings. The fourth-order valence-electron chi connectivity index (χ4n) is 2.11. The second-order valence-corrected chi connectivity index (χ2v) is 4.73. The molecule has 1 heterocycles. The maximum absolute atomic E-state index is 11.3. The van der Waals surface area contributed by atoms with Crippen LogP contribution in [0.1, 0.15) is 17.3 Å². The number of rotatable bonds is 3. The van der Waals surface area contributed by atoms with Crippen LogP contribution in [0.5, 0.6) is 0 Å². The molecule has 0 spiro atoms. The Kier molecular flexibility index (Phi) is 4.22. The molecule has 98 valence electrons. The van der Waals surface area contributed by atoms with Gasteiger partial charge in [-0.05, 0) is 25.1 Å². The average molecular weight is 270 g/mol. The molecular weight excluding hydrogens is 254 g/mol. The maximum Gasteiger partial charge on any atom is 0.161 e. The molecule has 1 aromatic carbocycles. The number of morpholine rings is 1. The second kappa shape index (κ2) is 5.69. The molecule has 5 heteroatoms. The van der Waals surface area contributed by atoms with Crippen LogP contribution < -0.4 is 4.90 Å². The van der Waals surface area contributed by atoms with E-state index in [1.807, 2.05) is 6.07 Å². The molecule has 0 aliphatic carbocycles. The zero-order valence-corrected chi connectivity index (χ0v) is 11.0. The van der Waals surface area contributed by atoms with Crippen molar-refractivity contribution in [3.63, 3.8) is 0 Å². The summed E-state index contributed by atoms with van der Waals surface area (Å²) in [4.78, 5) is 13.4. The van der Waals surface area contributed by atoms with E-state index < -0.39 is 0 Å². The molecule has 0 amide bonds. The predicted octanol–water partition coefficient (Wildman–Crippen LogP) is 1.74. The van der Waals surface area contributed by atoms with Crippen LogP contribution in [-0.2, 0) is 4.74 Å². The highest BCUT2D eigenvalue weighted by molar-refractivity contribution is 6.34. The zero-order chi connectivity index (χ0) is 13.1. The van der Waals surface area contributed by atoms with Gasteiger partial charge in [-0.3, -0.25) is 4.79 Å². The third kappa shape index (κ3) is 2.66. The number of nitrogens with zero attached hydrogens (tertiary/aromatic N) is 1. The molecule has 1 fully saturated rings. The smallest absolute Gasteiger partial charge is 0.161 e. The number of anilines is 1. The summed E-state index contributed by atoms with van der Waals surface area (Å²) in [5.74, 6) is -0.0489. The molecule has 1 N–H and O–H groups in total. The number of carbonyl (C=O) groups excluding carboxylic acids is 1. The minimum absolute atomic E-state index is 0.0338. The standard InChI is InChI=1S/C13H16ClNO3/c1-9(17)12-3-2-10(6-13(12)14)15-4-5-18-8-11(15)7-16/h2-3,6,11,16H,4-5,7-8H2,1H3. The van der Waals surface area contributed by atoms with E-state index in [1.165, 1.54) is 6.92 Å². The van der Waals surface area contributed by atoms with Crippen molar-refractivity contribution in [2.24, 2.45) is 0 Å². The molecular formula is C13H16ClNO3. The summed E-state index contributed by atoms with van der Waals surface area (Å²) in [5.41, 5.74) is 1.43. The van der Waals surface area contributed by atoms with Crippen molar-refractivity contribution in [3.8, 4) is 0 Å². The van der Waals surface area contributed by atoms with Gasteiger partial charge in [-0.15, -0.1) is 0 Å². The number of ketones is 1. The molecule has 1 atom stereocenters. The first kappa shape index (κ1) is 13.3. The minimum Gasteiger partial charge on any atom is -0.394 e. The van der Waals surface area contributed by atoms with Crippen molar-refractivity contribution in [1.82, 2.24) is 0 Å². The van der Waals surface area contributed by atoms with Gasteiger partial charge in [0.1, 0.15) is 0 Å². The molecule has 18 heavy (non-hydrogen) atoms. The molecule has 1 saturated heterocycles. The molecule has 1 aliphatic heterocycles. The van der Waals surface area contributed by atoms with Crippen LogP contribution in [0.2, 0.25) is 5.02 Å². The summed E-state index contributed by atoms with van der Waals surface area (Å²) in [5, 5.41) is 9.77. The molecule has 4 nitrogen and oxygen atoms in total. The first-order valence-electron chi connectivity index (χ1n) is 5.89. The van der Waals surface area contributed by atoms with Crippen LogP contribution in [0, 0.1) is 0 Å². The number of hydrogen-bond acceptors (Lipinski definition) is 4. The summed E-state index contributed by atoms with van der Waals surface area (Å²) in [6.07, 6.45) is 0. The summed E-state index contributed by atoms with van der Waals surface area (Å²) >= 11 is 6.09.